The molecule has 0 bridgehead atoms. The lowest BCUT2D eigenvalue weighted by Gasteiger charge is -2.33. The maximum Gasteiger partial charge on any atom is 0.410 e. The zero-order valence-electron chi connectivity index (χ0n) is 26.2. The quantitative estimate of drug-likeness (QED) is 0.288. The van der Waals surface area contributed by atoms with Gasteiger partial charge in [-0.2, -0.15) is 5.10 Å². The summed E-state index contributed by atoms with van der Waals surface area (Å²) in [5.74, 6) is -1.64. The van der Waals surface area contributed by atoms with Gasteiger partial charge in [-0.1, -0.05) is 30.3 Å². The molecule has 2 aromatic heterocycles. The third-order valence-electron chi connectivity index (χ3n) is 7.57. The monoisotopic (exact) mass is 628 g/mol. The minimum atomic E-state index is -1.06. The first-order valence-electron chi connectivity index (χ1n) is 14.9. The zero-order valence-corrected chi connectivity index (χ0v) is 26.2. The summed E-state index contributed by atoms with van der Waals surface area (Å²) in [5.41, 5.74) is 7.41. The van der Waals surface area contributed by atoms with E-state index < -0.39 is 29.3 Å². The number of likely N-dealkylation sites (N-methyl/N-ethyl adjacent to an activating group) is 1. The molecule has 46 heavy (non-hydrogen) atoms. The van der Waals surface area contributed by atoms with Gasteiger partial charge in [0.15, 0.2) is 11.5 Å². The summed E-state index contributed by atoms with van der Waals surface area (Å²) in [6.07, 6.45) is 6.01. The Morgan fingerprint density at radius 2 is 1.72 bits per heavy atom. The van der Waals surface area contributed by atoms with Gasteiger partial charge in [0.05, 0.1) is 24.1 Å². The third-order valence-corrected chi connectivity index (χ3v) is 7.57. The van der Waals surface area contributed by atoms with E-state index in [4.69, 9.17) is 10.5 Å². The number of ether oxygens (including phenoxy) is 1. The number of hydrogen-bond acceptors (Lipinski definition) is 8. The molecule has 1 aliphatic rings. The number of rotatable bonds is 7. The average molecular weight is 629 g/mol. The van der Waals surface area contributed by atoms with Gasteiger partial charge >= 0.3 is 6.09 Å². The standard InChI is InChI=1S/C33H37FN8O4/c1-33(2,3)46-32(45)41-16-14-25(15-17-41)42-20-22(18-37-42)26-19-36-29(35)27(39-26)31(44)40(4)28(21-8-6-5-7-9-21)30(43)38-24-12-10-23(34)11-13-24/h5-13,18-20,25,28H,14-17H2,1-4H3,(H2,35,36)(H,38,43)/t28-/m1/s1. The molecule has 5 rings (SSSR count). The van der Waals surface area contributed by atoms with Crippen molar-refractivity contribution in [1.82, 2.24) is 29.5 Å². The number of likely N-dealkylation sites (tertiary alicyclic amines) is 1. The second-order valence-electron chi connectivity index (χ2n) is 12.1. The number of halogens is 1. The minimum absolute atomic E-state index is 0.0627. The molecule has 2 aromatic carbocycles. The number of piperidine rings is 1. The van der Waals surface area contributed by atoms with E-state index in [0.29, 0.717) is 48.4 Å². The Balaban J connectivity index is 1.33. The van der Waals surface area contributed by atoms with Gasteiger partial charge in [0.1, 0.15) is 17.5 Å². The van der Waals surface area contributed by atoms with Crippen LogP contribution in [-0.2, 0) is 9.53 Å². The second-order valence-corrected chi connectivity index (χ2v) is 12.1. The van der Waals surface area contributed by atoms with Gasteiger partial charge in [-0.3, -0.25) is 14.3 Å². The summed E-state index contributed by atoms with van der Waals surface area (Å²) in [6.45, 7) is 6.61. The van der Waals surface area contributed by atoms with E-state index in [-0.39, 0.29) is 23.6 Å². The Morgan fingerprint density at radius 3 is 2.37 bits per heavy atom. The van der Waals surface area contributed by atoms with Gasteiger partial charge in [-0.25, -0.2) is 19.2 Å². The van der Waals surface area contributed by atoms with E-state index in [1.807, 2.05) is 31.6 Å². The van der Waals surface area contributed by atoms with Crippen LogP contribution in [0.3, 0.4) is 0 Å². The van der Waals surface area contributed by atoms with Crippen LogP contribution in [0.15, 0.2) is 73.2 Å². The smallest absolute Gasteiger partial charge is 0.410 e. The van der Waals surface area contributed by atoms with Crippen LogP contribution in [0.4, 0.5) is 20.7 Å². The summed E-state index contributed by atoms with van der Waals surface area (Å²) in [6, 6.07) is 13.1. The topological polar surface area (TPSA) is 149 Å². The lowest BCUT2D eigenvalue weighted by atomic mass is 10.0. The van der Waals surface area contributed by atoms with Crippen LogP contribution in [0.2, 0.25) is 0 Å². The van der Waals surface area contributed by atoms with Crippen molar-refractivity contribution in [3.63, 3.8) is 0 Å². The Hall–Kier alpha value is -5.33. The molecule has 0 saturated carbocycles. The fraction of sp³-hybridized carbons (Fsp3) is 0.333. The van der Waals surface area contributed by atoms with E-state index in [0.717, 1.165) is 0 Å². The maximum absolute atomic E-state index is 13.8. The Bertz CT molecular complexity index is 1700. The van der Waals surface area contributed by atoms with E-state index in [1.165, 1.54) is 42.4 Å². The van der Waals surface area contributed by atoms with Crippen LogP contribution in [-0.4, -0.2) is 73.2 Å². The Kier molecular flexibility index (Phi) is 9.31. The summed E-state index contributed by atoms with van der Waals surface area (Å²) >= 11 is 0. The number of aromatic nitrogens is 4. The average Bonchev–Trinajstić information content (AvgIpc) is 3.52. The highest BCUT2D eigenvalue weighted by Gasteiger charge is 2.32. The van der Waals surface area contributed by atoms with Crippen molar-refractivity contribution in [2.24, 2.45) is 0 Å². The second kappa shape index (κ2) is 13.3. The zero-order chi connectivity index (χ0) is 33.0. The van der Waals surface area contributed by atoms with Crippen molar-refractivity contribution in [1.29, 1.82) is 0 Å². The van der Waals surface area contributed by atoms with Gasteiger partial charge in [-0.15, -0.1) is 0 Å². The number of nitrogens with zero attached hydrogens (tertiary/aromatic N) is 6. The largest absolute Gasteiger partial charge is 0.444 e. The summed E-state index contributed by atoms with van der Waals surface area (Å²) < 4.78 is 20.8. The van der Waals surface area contributed by atoms with Gasteiger partial charge in [0, 0.05) is 37.6 Å². The lowest BCUT2D eigenvalue weighted by Crippen LogP contribution is -2.42. The first-order chi connectivity index (χ1) is 21.9. The third kappa shape index (κ3) is 7.48. The molecule has 1 atom stereocenters. The molecule has 1 fully saturated rings. The molecule has 0 unspecified atom stereocenters. The molecule has 240 valence electrons. The van der Waals surface area contributed by atoms with Crippen LogP contribution in [0, 0.1) is 5.82 Å². The summed E-state index contributed by atoms with van der Waals surface area (Å²) in [4.78, 5) is 51.5. The first kappa shape index (κ1) is 32.1. The molecule has 1 aliphatic heterocycles. The number of nitrogens with two attached hydrogens (primary N) is 1. The number of benzene rings is 2. The van der Waals surface area contributed by atoms with Crippen molar-refractivity contribution in [2.45, 2.75) is 51.3 Å². The molecule has 0 radical (unpaired) electrons. The number of carbonyl (C=O) groups excluding carboxylic acids is 3. The number of carbonyl (C=O) groups is 3. The fourth-order valence-electron chi connectivity index (χ4n) is 5.22. The molecule has 3 amide bonds. The number of nitrogens with one attached hydrogen (secondary N) is 1. The Labute approximate surface area is 266 Å². The van der Waals surface area contributed by atoms with E-state index in [9.17, 15) is 18.8 Å². The maximum atomic E-state index is 13.8. The number of hydrogen-bond donors (Lipinski definition) is 2. The molecule has 3 N–H and O–H groups in total. The molecule has 0 spiro atoms. The molecule has 0 aliphatic carbocycles. The van der Waals surface area contributed by atoms with Crippen LogP contribution in [0.25, 0.3) is 11.3 Å². The normalized spacial score (nSPS) is 14.4. The molecule has 4 aromatic rings. The molecule has 1 saturated heterocycles. The van der Waals surface area contributed by atoms with E-state index in [1.54, 1.807) is 41.4 Å². The number of amides is 3. The van der Waals surface area contributed by atoms with Crippen molar-refractivity contribution < 1.29 is 23.5 Å². The van der Waals surface area contributed by atoms with Crippen molar-refractivity contribution in [2.75, 3.05) is 31.2 Å². The summed E-state index contributed by atoms with van der Waals surface area (Å²) in [7, 11) is 1.49. The highest BCUT2D eigenvalue weighted by atomic mass is 19.1. The highest BCUT2D eigenvalue weighted by molar-refractivity contribution is 6.02. The SMILES string of the molecule is CN(C(=O)c1nc(-c2cnn(C3CCN(C(=O)OC(C)(C)C)CC3)c2)cnc1N)[C@@H](C(=O)Nc1ccc(F)cc1)c1ccccc1. The molecule has 12 nitrogen and oxygen atoms in total. The highest BCUT2D eigenvalue weighted by Crippen LogP contribution is 2.28. The van der Waals surface area contributed by atoms with Crippen molar-refractivity contribution >= 4 is 29.4 Å². The first-order valence-corrected chi connectivity index (χ1v) is 14.9. The van der Waals surface area contributed by atoms with Gasteiger partial charge in [0.2, 0.25) is 0 Å². The van der Waals surface area contributed by atoms with E-state index in [2.05, 4.69) is 20.4 Å². The fourth-order valence-corrected chi connectivity index (χ4v) is 5.22. The van der Waals surface area contributed by atoms with Crippen LogP contribution in [0.5, 0.6) is 0 Å². The molecule has 3 heterocycles. The predicted molar refractivity (Wildman–Crippen MR) is 170 cm³/mol. The van der Waals surface area contributed by atoms with Crippen LogP contribution < -0.4 is 11.1 Å². The predicted octanol–water partition coefficient (Wildman–Crippen LogP) is 5.09. The molecule has 13 heteroatoms. The minimum Gasteiger partial charge on any atom is -0.444 e. The van der Waals surface area contributed by atoms with Crippen LogP contribution >= 0.6 is 0 Å². The number of anilines is 2. The molecular formula is C33H37FN8O4. The Morgan fingerprint density at radius 1 is 1.04 bits per heavy atom. The lowest BCUT2D eigenvalue weighted by molar-refractivity contribution is -0.120. The molecular weight excluding hydrogens is 591 g/mol. The van der Waals surface area contributed by atoms with Gasteiger partial charge < -0.3 is 25.6 Å². The van der Waals surface area contributed by atoms with Crippen LogP contribution in [0.1, 0.15) is 61.7 Å². The summed E-state index contributed by atoms with van der Waals surface area (Å²) in [5, 5.41) is 7.28. The van der Waals surface area contributed by atoms with Gasteiger partial charge in [0.25, 0.3) is 11.8 Å². The van der Waals surface area contributed by atoms with Crippen molar-refractivity contribution in [3.8, 4) is 11.3 Å². The number of nitrogen functional groups attached to an aromatic ring is 1. The van der Waals surface area contributed by atoms with Crippen molar-refractivity contribution in [3.05, 3.63) is 90.3 Å². The van der Waals surface area contributed by atoms with Gasteiger partial charge in [-0.05, 0) is 63.4 Å². The van der Waals surface area contributed by atoms with E-state index >= 15 is 0 Å².